The summed E-state index contributed by atoms with van der Waals surface area (Å²) in [4.78, 5) is 11.9. The fourth-order valence-corrected chi connectivity index (χ4v) is 3.69. The Labute approximate surface area is 187 Å². The third-order valence-corrected chi connectivity index (χ3v) is 5.74. The van der Waals surface area contributed by atoms with Crippen LogP contribution in [-0.2, 0) is 14.3 Å². The summed E-state index contributed by atoms with van der Waals surface area (Å²) in [5.41, 5.74) is 0. The summed E-state index contributed by atoms with van der Waals surface area (Å²) in [5.74, 6) is -0.526. The second-order valence-corrected chi connectivity index (χ2v) is 8.52. The minimum atomic E-state index is -1.55. The van der Waals surface area contributed by atoms with Crippen LogP contribution in [0.3, 0.4) is 0 Å². The molecule has 4 N–H and O–H groups in total. The van der Waals surface area contributed by atoms with E-state index in [9.17, 15) is 20.1 Å². The molecular weight excluding hydrogens is 400 g/mol. The number of esters is 1. The number of allylic oxidation sites excluding steroid dienone is 2. The number of rotatable bonds is 17. The zero-order valence-electron chi connectivity index (χ0n) is 19.2. The molecule has 0 aromatic rings. The Morgan fingerprint density at radius 1 is 0.806 bits per heavy atom. The summed E-state index contributed by atoms with van der Waals surface area (Å²) in [5, 5.41) is 38.5. The predicted octanol–water partition coefficient (Wildman–Crippen LogP) is 3.37. The number of carbonyl (C=O) groups excluding carboxylic acids is 1. The lowest BCUT2D eigenvalue weighted by molar-refractivity contribution is -0.292. The molecular formula is C24H44O7. The Balaban J connectivity index is 1.99. The van der Waals surface area contributed by atoms with Crippen molar-refractivity contribution in [1.82, 2.24) is 0 Å². The molecule has 182 valence electrons. The molecule has 0 spiro atoms. The van der Waals surface area contributed by atoms with Gasteiger partial charge in [0.2, 0.25) is 6.29 Å². The highest BCUT2D eigenvalue weighted by atomic mass is 16.7. The highest BCUT2D eigenvalue weighted by molar-refractivity contribution is 5.69. The van der Waals surface area contributed by atoms with Crippen LogP contribution in [0.5, 0.6) is 0 Å². The Bertz CT molecular complexity index is 481. The minimum Gasteiger partial charge on any atom is -0.433 e. The SMILES string of the molecule is CCCCCCCC/C=C\CCCCCCCC(=O)OC1O[C@H](CO)[C@@H](O)[C@H](O)[C@@H]1O. The maximum absolute atomic E-state index is 11.9. The van der Waals surface area contributed by atoms with Gasteiger partial charge in [-0.05, 0) is 32.1 Å². The highest BCUT2D eigenvalue weighted by Gasteiger charge is 2.45. The average Bonchev–Trinajstić information content (AvgIpc) is 2.76. The van der Waals surface area contributed by atoms with Gasteiger partial charge in [0.05, 0.1) is 6.61 Å². The van der Waals surface area contributed by atoms with Crippen molar-refractivity contribution in [2.45, 2.75) is 128 Å². The Morgan fingerprint density at radius 2 is 1.35 bits per heavy atom. The largest absolute Gasteiger partial charge is 0.433 e. The van der Waals surface area contributed by atoms with Gasteiger partial charge in [-0.1, -0.05) is 70.4 Å². The van der Waals surface area contributed by atoms with Gasteiger partial charge in [-0.25, -0.2) is 0 Å². The van der Waals surface area contributed by atoms with Gasteiger partial charge in [0, 0.05) is 6.42 Å². The Kier molecular flexibility index (Phi) is 15.9. The molecule has 1 heterocycles. The quantitative estimate of drug-likeness (QED) is 0.154. The topological polar surface area (TPSA) is 116 Å². The lowest BCUT2D eigenvalue weighted by atomic mass is 9.99. The molecule has 1 fully saturated rings. The van der Waals surface area contributed by atoms with Gasteiger partial charge in [-0.15, -0.1) is 0 Å². The second kappa shape index (κ2) is 17.6. The number of hydrogen-bond donors (Lipinski definition) is 4. The van der Waals surface area contributed by atoms with Crippen LogP contribution in [0.1, 0.15) is 96.8 Å². The first kappa shape index (κ1) is 28.0. The van der Waals surface area contributed by atoms with Gasteiger partial charge in [-0.2, -0.15) is 0 Å². The molecule has 0 amide bonds. The molecule has 0 bridgehead atoms. The normalized spacial score (nSPS) is 26.4. The van der Waals surface area contributed by atoms with Gasteiger partial charge in [0.1, 0.15) is 24.4 Å². The van der Waals surface area contributed by atoms with Crippen molar-refractivity contribution in [2.75, 3.05) is 6.61 Å². The summed E-state index contributed by atoms with van der Waals surface area (Å²) in [6, 6.07) is 0. The van der Waals surface area contributed by atoms with Crippen molar-refractivity contribution in [1.29, 1.82) is 0 Å². The molecule has 1 saturated heterocycles. The number of unbranched alkanes of at least 4 members (excludes halogenated alkanes) is 11. The van der Waals surface area contributed by atoms with E-state index in [2.05, 4.69) is 19.1 Å². The molecule has 0 radical (unpaired) electrons. The van der Waals surface area contributed by atoms with E-state index in [0.29, 0.717) is 6.42 Å². The van der Waals surface area contributed by atoms with Gasteiger partial charge in [-0.3, -0.25) is 4.79 Å². The van der Waals surface area contributed by atoms with Crippen LogP contribution in [0.15, 0.2) is 12.2 Å². The van der Waals surface area contributed by atoms with Crippen molar-refractivity contribution in [3.05, 3.63) is 12.2 Å². The van der Waals surface area contributed by atoms with E-state index in [1.54, 1.807) is 0 Å². The maximum atomic E-state index is 11.9. The van der Waals surface area contributed by atoms with E-state index in [-0.39, 0.29) is 6.42 Å². The van der Waals surface area contributed by atoms with Crippen molar-refractivity contribution < 1.29 is 34.7 Å². The zero-order valence-corrected chi connectivity index (χ0v) is 19.2. The highest BCUT2D eigenvalue weighted by Crippen LogP contribution is 2.22. The number of ether oxygens (including phenoxy) is 2. The van der Waals surface area contributed by atoms with Crippen LogP contribution in [0.2, 0.25) is 0 Å². The lowest BCUT2D eigenvalue weighted by Crippen LogP contribution is -2.59. The number of aliphatic hydroxyl groups is 4. The summed E-state index contributed by atoms with van der Waals surface area (Å²) in [6.07, 6.45) is 13.0. The van der Waals surface area contributed by atoms with Crippen LogP contribution in [0.4, 0.5) is 0 Å². The molecule has 1 aliphatic rings. The Hall–Kier alpha value is -0.990. The van der Waals surface area contributed by atoms with Crippen LogP contribution in [-0.4, -0.2) is 63.7 Å². The first-order valence-electron chi connectivity index (χ1n) is 12.2. The molecule has 31 heavy (non-hydrogen) atoms. The molecule has 1 rings (SSSR count). The summed E-state index contributed by atoms with van der Waals surface area (Å²) >= 11 is 0. The first-order valence-corrected chi connectivity index (χ1v) is 12.2. The van der Waals surface area contributed by atoms with Crippen LogP contribution < -0.4 is 0 Å². The average molecular weight is 445 g/mol. The van der Waals surface area contributed by atoms with Gasteiger partial charge < -0.3 is 29.9 Å². The molecule has 7 nitrogen and oxygen atoms in total. The van der Waals surface area contributed by atoms with Crippen LogP contribution in [0.25, 0.3) is 0 Å². The molecule has 5 atom stereocenters. The third-order valence-electron chi connectivity index (χ3n) is 5.74. The van der Waals surface area contributed by atoms with E-state index >= 15 is 0 Å². The van der Waals surface area contributed by atoms with Crippen LogP contribution in [0, 0.1) is 0 Å². The van der Waals surface area contributed by atoms with Crippen molar-refractivity contribution in [3.8, 4) is 0 Å². The zero-order chi connectivity index (χ0) is 22.9. The molecule has 7 heteroatoms. The van der Waals surface area contributed by atoms with Crippen molar-refractivity contribution >= 4 is 5.97 Å². The monoisotopic (exact) mass is 444 g/mol. The fraction of sp³-hybridized carbons (Fsp3) is 0.875. The molecule has 1 aliphatic heterocycles. The molecule has 1 unspecified atom stereocenters. The lowest BCUT2D eigenvalue weighted by Gasteiger charge is -2.39. The van der Waals surface area contributed by atoms with E-state index in [4.69, 9.17) is 14.6 Å². The minimum absolute atomic E-state index is 0.202. The van der Waals surface area contributed by atoms with Gasteiger partial charge >= 0.3 is 5.97 Å². The smallest absolute Gasteiger partial charge is 0.308 e. The molecule has 0 saturated carbocycles. The van der Waals surface area contributed by atoms with E-state index in [1.807, 2.05) is 0 Å². The molecule has 0 aromatic heterocycles. The molecule has 0 aromatic carbocycles. The second-order valence-electron chi connectivity index (χ2n) is 8.52. The standard InChI is InChI=1S/C24H44O7/c1-2-3-4-5-6-7-8-9-10-11-12-13-14-15-16-17-20(26)31-24-23(29)22(28)21(27)19(18-25)30-24/h9-10,19,21-25,27-29H,2-8,11-18H2,1H3/b10-9-/t19-,21-,22+,23+,24?/m1/s1. The van der Waals surface area contributed by atoms with E-state index in [0.717, 1.165) is 32.1 Å². The van der Waals surface area contributed by atoms with Crippen LogP contribution >= 0.6 is 0 Å². The van der Waals surface area contributed by atoms with E-state index in [1.165, 1.54) is 44.9 Å². The van der Waals surface area contributed by atoms with Crippen molar-refractivity contribution in [2.24, 2.45) is 0 Å². The number of hydrogen-bond acceptors (Lipinski definition) is 7. The van der Waals surface area contributed by atoms with Crippen molar-refractivity contribution in [3.63, 3.8) is 0 Å². The maximum Gasteiger partial charge on any atom is 0.308 e. The predicted molar refractivity (Wildman–Crippen MR) is 119 cm³/mol. The van der Waals surface area contributed by atoms with Gasteiger partial charge in [0.15, 0.2) is 0 Å². The number of aliphatic hydroxyl groups excluding tert-OH is 4. The first-order chi connectivity index (χ1) is 15.0. The van der Waals surface area contributed by atoms with E-state index < -0.39 is 43.3 Å². The summed E-state index contributed by atoms with van der Waals surface area (Å²) < 4.78 is 10.2. The Morgan fingerprint density at radius 3 is 1.94 bits per heavy atom. The van der Waals surface area contributed by atoms with Gasteiger partial charge in [0.25, 0.3) is 0 Å². The summed E-state index contributed by atoms with van der Waals surface area (Å²) in [7, 11) is 0. The number of carbonyl (C=O) groups is 1. The third kappa shape index (κ3) is 12.0. The summed E-state index contributed by atoms with van der Waals surface area (Å²) in [6.45, 7) is 1.69. The fourth-order valence-electron chi connectivity index (χ4n) is 3.69. The molecule has 0 aliphatic carbocycles.